The van der Waals surface area contributed by atoms with E-state index < -0.39 is 11.7 Å². The van der Waals surface area contributed by atoms with E-state index >= 15 is 0 Å². The molecule has 0 radical (unpaired) electrons. The van der Waals surface area contributed by atoms with Gasteiger partial charge in [0.05, 0.1) is 12.1 Å². The van der Waals surface area contributed by atoms with E-state index in [9.17, 15) is 19.1 Å². The number of hydrogen-bond donors (Lipinski definition) is 2. The van der Waals surface area contributed by atoms with Gasteiger partial charge in [-0.3, -0.25) is 9.59 Å². The van der Waals surface area contributed by atoms with E-state index in [1.165, 1.54) is 4.90 Å². The zero-order chi connectivity index (χ0) is 13.7. The van der Waals surface area contributed by atoms with Crippen molar-refractivity contribution in [2.45, 2.75) is 6.92 Å². The minimum atomic E-state index is -0.690. The van der Waals surface area contributed by atoms with Gasteiger partial charge in [0, 0.05) is 13.6 Å². The first-order valence-electron chi connectivity index (χ1n) is 5.46. The van der Waals surface area contributed by atoms with Crippen molar-refractivity contribution >= 4 is 11.8 Å². The number of amides is 2. The zero-order valence-electron chi connectivity index (χ0n) is 10.2. The van der Waals surface area contributed by atoms with Crippen LogP contribution in [0.2, 0.25) is 0 Å². The van der Waals surface area contributed by atoms with E-state index in [-0.39, 0.29) is 23.8 Å². The molecule has 0 aliphatic rings. The lowest BCUT2D eigenvalue weighted by Gasteiger charge is -2.14. The first kappa shape index (κ1) is 14.0. The van der Waals surface area contributed by atoms with E-state index in [2.05, 4.69) is 5.32 Å². The van der Waals surface area contributed by atoms with Crippen LogP contribution in [0.15, 0.2) is 18.2 Å². The summed E-state index contributed by atoms with van der Waals surface area (Å²) in [5, 5.41) is 11.7. The molecule has 0 aliphatic heterocycles. The number of carbonyl (C=O) groups excluding carboxylic acids is 2. The monoisotopic (exact) mass is 254 g/mol. The number of hydrogen-bond acceptors (Lipinski definition) is 3. The fourth-order valence-electron chi connectivity index (χ4n) is 1.25. The molecule has 0 saturated carbocycles. The predicted octanol–water partition coefficient (Wildman–Crippen LogP) is 0.739. The van der Waals surface area contributed by atoms with Gasteiger partial charge in [-0.05, 0) is 25.1 Å². The Balaban J connectivity index is 2.66. The molecule has 0 spiro atoms. The van der Waals surface area contributed by atoms with Crippen molar-refractivity contribution in [2.75, 3.05) is 20.1 Å². The van der Waals surface area contributed by atoms with Gasteiger partial charge in [-0.1, -0.05) is 0 Å². The summed E-state index contributed by atoms with van der Waals surface area (Å²) in [6, 6.07) is 3.05. The van der Waals surface area contributed by atoms with Gasteiger partial charge in [0.25, 0.3) is 5.91 Å². The summed E-state index contributed by atoms with van der Waals surface area (Å²) in [6.07, 6.45) is 0. The van der Waals surface area contributed by atoms with Gasteiger partial charge in [-0.2, -0.15) is 0 Å². The molecule has 0 unspecified atom stereocenters. The molecule has 1 aromatic rings. The molecule has 98 valence electrons. The lowest BCUT2D eigenvalue weighted by molar-refractivity contribution is -0.128. The third-order valence-electron chi connectivity index (χ3n) is 2.50. The van der Waals surface area contributed by atoms with Crippen molar-refractivity contribution in [2.24, 2.45) is 0 Å². The lowest BCUT2D eigenvalue weighted by atomic mass is 10.2. The zero-order valence-corrected chi connectivity index (χ0v) is 10.2. The Kier molecular flexibility index (Phi) is 4.65. The van der Waals surface area contributed by atoms with Crippen molar-refractivity contribution < 1.29 is 19.1 Å². The molecule has 0 aromatic heterocycles. The number of halogens is 1. The minimum absolute atomic E-state index is 0.193. The van der Waals surface area contributed by atoms with E-state index in [4.69, 9.17) is 0 Å². The van der Waals surface area contributed by atoms with Crippen molar-refractivity contribution in [3.05, 3.63) is 29.6 Å². The minimum Gasteiger partial charge on any atom is -0.507 e. The molecule has 1 rings (SSSR count). The normalized spacial score (nSPS) is 9.94. The standard InChI is InChI=1S/C12H15FN2O3/c1-3-15(2)11(17)7-14-12(18)9-6-8(13)4-5-10(9)16/h4-6,16H,3,7H2,1-2H3,(H,14,18). The van der Waals surface area contributed by atoms with Crippen LogP contribution in [0, 0.1) is 5.82 Å². The Morgan fingerprint density at radius 1 is 1.44 bits per heavy atom. The summed E-state index contributed by atoms with van der Waals surface area (Å²) < 4.78 is 12.9. The number of benzene rings is 1. The molecule has 5 nitrogen and oxygen atoms in total. The number of likely N-dealkylation sites (N-methyl/N-ethyl adjacent to an activating group) is 1. The quantitative estimate of drug-likeness (QED) is 0.832. The van der Waals surface area contributed by atoms with Crippen molar-refractivity contribution in [3.8, 4) is 5.75 Å². The van der Waals surface area contributed by atoms with Crippen molar-refractivity contribution in [1.29, 1.82) is 0 Å². The van der Waals surface area contributed by atoms with Crippen LogP contribution in [-0.2, 0) is 4.79 Å². The highest BCUT2D eigenvalue weighted by atomic mass is 19.1. The maximum Gasteiger partial charge on any atom is 0.255 e. The summed E-state index contributed by atoms with van der Waals surface area (Å²) in [6.45, 7) is 2.14. The first-order valence-corrected chi connectivity index (χ1v) is 5.46. The molecule has 0 saturated heterocycles. The third-order valence-corrected chi connectivity index (χ3v) is 2.50. The van der Waals surface area contributed by atoms with E-state index in [0.29, 0.717) is 6.54 Å². The highest BCUT2D eigenvalue weighted by molar-refractivity contribution is 5.98. The first-order chi connectivity index (χ1) is 8.45. The molecule has 0 fully saturated rings. The second kappa shape index (κ2) is 6.00. The summed E-state index contributed by atoms with van der Waals surface area (Å²) in [5.74, 6) is -1.91. The molecule has 0 atom stereocenters. The third kappa shape index (κ3) is 3.44. The van der Waals surface area contributed by atoms with Gasteiger partial charge in [0.2, 0.25) is 5.91 Å². The van der Waals surface area contributed by atoms with Gasteiger partial charge in [0.15, 0.2) is 0 Å². The SMILES string of the molecule is CCN(C)C(=O)CNC(=O)c1cc(F)ccc1O. The summed E-state index contributed by atoms with van der Waals surface area (Å²) >= 11 is 0. The smallest absolute Gasteiger partial charge is 0.255 e. The van der Waals surface area contributed by atoms with Crippen molar-refractivity contribution in [1.82, 2.24) is 10.2 Å². The molecule has 0 aliphatic carbocycles. The van der Waals surface area contributed by atoms with Crippen LogP contribution < -0.4 is 5.32 Å². The van der Waals surface area contributed by atoms with Crippen molar-refractivity contribution in [3.63, 3.8) is 0 Å². The molecule has 0 heterocycles. The number of nitrogens with one attached hydrogen (secondary N) is 1. The summed E-state index contributed by atoms with van der Waals surface area (Å²) in [5.41, 5.74) is -0.193. The van der Waals surface area contributed by atoms with Crippen LogP contribution in [0.3, 0.4) is 0 Å². The molecular weight excluding hydrogens is 239 g/mol. The Bertz CT molecular complexity index is 463. The topological polar surface area (TPSA) is 69.6 Å². The number of phenolic OH excluding ortho intramolecular Hbond substituents is 1. The molecule has 0 bridgehead atoms. The van der Waals surface area contributed by atoms with Gasteiger partial charge in [-0.25, -0.2) is 4.39 Å². The second-order valence-corrected chi connectivity index (χ2v) is 3.75. The number of phenols is 1. The maximum absolute atomic E-state index is 12.9. The molecule has 2 N–H and O–H groups in total. The molecule has 18 heavy (non-hydrogen) atoms. The summed E-state index contributed by atoms with van der Waals surface area (Å²) in [4.78, 5) is 24.5. The largest absolute Gasteiger partial charge is 0.507 e. The fourth-order valence-corrected chi connectivity index (χ4v) is 1.25. The molecule has 2 amide bonds. The Morgan fingerprint density at radius 3 is 2.72 bits per heavy atom. The average molecular weight is 254 g/mol. The van der Waals surface area contributed by atoms with Crippen LogP contribution in [0.25, 0.3) is 0 Å². The van der Waals surface area contributed by atoms with Gasteiger partial charge >= 0.3 is 0 Å². The number of rotatable bonds is 4. The van der Waals surface area contributed by atoms with Crippen LogP contribution in [0.1, 0.15) is 17.3 Å². The predicted molar refractivity (Wildman–Crippen MR) is 63.7 cm³/mol. The van der Waals surface area contributed by atoms with Gasteiger partial charge < -0.3 is 15.3 Å². The van der Waals surface area contributed by atoms with E-state index in [1.54, 1.807) is 14.0 Å². The van der Waals surface area contributed by atoms with E-state index in [1.807, 2.05) is 0 Å². The Labute approximate surface area is 104 Å². The highest BCUT2D eigenvalue weighted by Crippen LogP contribution is 2.17. The van der Waals surface area contributed by atoms with Crippen LogP contribution in [0.4, 0.5) is 4.39 Å². The highest BCUT2D eigenvalue weighted by Gasteiger charge is 2.14. The number of aromatic hydroxyl groups is 1. The van der Waals surface area contributed by atoms with E-state index in [0.717, 1.165) is 18.2 Å². The summed E-state index contributed by atoms with van der Waals surface area (Å²) in [7, 11) is 1.61. The van der Waals surface area contributed by atoms with Crippen LogP contribution in [-0.4, -0.2) is 42.0 Å². The molecular formula is C12H15FN2O3. The van der Waals surface area contributed by atoms with Gasteiger partial charge in [-0.15, -0.1) is 0 Å². The second-order valence-electron chi connectivity index (χ2n) is 3.75. The fraction of sp³-hybridized carbons (Fsp3) is 0.333. The average Bonchev–Trinajstić information content (AvgIpc) is 2.37. The van der Waals surface area contributed by atoms with Crippen LogP contribution in [0.5, 0.6) is 5.75 Å². The van der Waals surface area contributed by atoms with Crippen LogP contribution >= 0.6 is 0 Å². The maximum atomic E-state index is 12.9. The number of carbonyl (C=O) groups is 2. The molecule has 6 heteroatoms. The Hall–Kier alpha value is -2.11. The molecule has 1 aromatic carbocycles. The Morgan fingerprint density at radius 2 is 2.11 bits per heavy atom. The lowest BCUT2D eigenvalue weighted by Crippen LogP contribution is -2.38. The van der Waals surface area contributed by atoms with Gasteiger partial charge in [0.1, 0.15) is 11.6 Å². The number of nitrogens with zero attached hydrogens (tertiary/aromatic N) is 1.